The van der Waals surface area contributed by atoms with Crippen LogP contribution in [-0.2, 0) is 11.3 Å². The summed E-state index contributed by atoms with van der Waals surface area (Å²) in [7, 11) is 1.99. The van der Waals surface area contributed by atoms with E-state index in [2.05, 4.69) is 28.7 Å². The van der Waals surface area contributed by atoms with Gasteiger partial charge in [0.15, 0.2) is 0 Å². The van der Waals surface area contributed by atoms with Gasteiger partial charge >= 0.3 is 0 Å². The second kappa shape index (κ2) is 13.4. The molecule has 1 aliphatic heterocycles. The van der Waals surface area contributed by atoms with Gasteiger partial charge in [-0.15, -0.1) is 12.4 Å². The molecule has 1 aromatic heterocycles. The van der Waals surface area contributed by atoms with Crippen LogP contribution in [0.1, 0.15) is 44.4 Å². The lowest BCUT2D eigenvalue weighted by Gasteiger charge is -2.23. The molecule has 1 aromatic carbocycles. The van der Waals surface area contributed by atoms with Crippen molar-refractivity contribution in [1.29, 1.82) is 0 Å². The summed E-state index contributed by atoms with van der Waals surface area (Å²) in [5, 5.41) is 7.77. The number of rotatable bonds is 9. The molecule has 1 fully saturated rings. The van der Waals surface area contributed by atoms with Gasteiger partial charge in [0.05, 0.1) is 6.04 Å². The molecule has 5 nitrogen and oxygen atoms in total. The number of benzene rings is 1. The number of amides is 1. The maximum absolute atomic E-state index is 12.5. The summed E-state index contributed by atoms with van der Waals surface area (Å²) >= 11 is 6.42. The third kappa shape index (κ3) is 7.63. The summed E-state index contributed by atoms with van der Waals surface area (Å²) in [5.74, 6) is 0.717. The number of allylic oxidation sites excluding steroid dienone is 7. The van der Waals surface area contributed by atoms with Gasteiger partial charge in [0.2, 0.25) is 5.91 Å². The van der Waals surface area contributed by atoms with Gasteiger partial charge in [0.25, 0.3) is 0 Å². The largest absolute Gasteiger partial charge is 0.456 e. The van der Waals surface area contributed by atoms with Crippen LogP contribution >= 0.6 is 24.0 Å². The molecule has 0 bridgehead atoms. The number of hydrogen-bond acceptors (Lipinski definition) is 4. The predicted molar refractivity (Wildman–Crippen MR) is 150 cm³/mol. The van der Waals surface area contributed by atoms with E-state index in [1.807, 2.05) is 63.4 Å². The Morgan fingerprint density at radius 3 is 2.77 bits per heavy atom. The van der Waals surface area contributed by atoms with Crippen molar-refractivity contribution >= 4 is 46.5 Å². The lowest BCUT2D eigenvalue weighted by Crippen LogP contribution is -2.46. The van der Waals surface area contributed by atoms with Crippen LogP contribution in [0.2, 0.25) is 5.02 Å². The van der Waals surface area contributed by atoms with Crippen molar-refractivity contribution in [2.24, 2.45) is 0 Å². The molecule has 1 atom stereocenters. The van der Waals surface area contributed by atoms with Gasteiger partial charge in [-0.1, -0.05) is 55.5 Å². The Morgan fingerprint density at radius 2 is 2.11 bits per heavy atom. The molecule has 1 saturated heterocycles. The number of nitrogens with one attached hydrogen (secondary N) is 2. The molecular weight excluding hydrogens is 481 g/mol. The molecule has 0 radical (unpaired) electrons. The first kappa shape index (κ1) is 28.5. The maximum atomic E-state index is 12.5. The van der Waals surface area contributed by atoms with Crippen LogP contribution in [0.15, 0.2) is 77.5 Å². The summed E-state index contributed by atoms with van der Waals surface area (Å²) in [4.78, 5) is 14.5. The number of furan rings is 1. The van der Waals surface area contributed by atoms with Crippen LogP contribution in [0.5, 0.6) is 0 Å². The third-order valence-corrected chi connectivity index (χ3v) is 6.15. The van der Waals surface area contributed by atoms with Crippen molar-refractivity contribution in [3.63, 3.8) is 0 Å². The molecule has 0 spiro atoms. The zero-order valence-corrected chi connectivity index (χ0v) is 22.3. The summed E-state index contributed by atoms with van der Waals surface area (Å²) in [5.41, 5.74) is 4.20. The number of nitrogens with zero attached hydrogens (tertiary/aromatic N) is 1. The van der Waals surface area contributed by atoms with Gasteiger partial charge in [0, 0.05) is 46.5 Å². The molecule has 1 amide bonds. The Hall–Kier alpha value is -2.73. The molecular formula is C28H35Cl2N3O2. The topological polar surface area (TPSA) is 57.5 Å². The number of halogens is 2. The SMILES string of the molecule is C=C/C(=C/C=C\C)c1cc2cc(Cl)cc(CN(C)/C(C)=C/C(=C)NC(=O)[C@@H]3CCCCN3)c2o1.Cl. The third-order valence-electron chi connectivity index (χ3n) is 5.93. The second-order valence-corrected chi connectivity index (χ2v) is 9.04. The van der Waals surface area contributed by atoms with Gasteiger partial charge < -0.3 is 20.0 Å². The van der Waals surface area contributed by atoms with Crippen LogP contribution in [0.25, 0.3) is 16.5 Å². The summed E-state index contributed by atoms with van der Waals surface area (Å²) in [6.45, 7) is 13.3. The first-order valence-electron chi connectivity index (χ1n) is 11.6. The predicted octanol–water partition coefficient (Wildman–Crippen LogP) is 6.76. The minimum atomic E-state index is -0.146. The molecule has 7 heteroatoms. The van der Waals surface area contributed by atoms with Crippen LogP contribution < -0.4 is 10.6 Å². The van der Waals surface area contributed by atoms with E-state index < -0.39 is 0 Å². The molecule has 35 heavy (non-hydrogen) atoms. The fourth-order valence-corrected chi connectivity index (χ4v) is 4.24. The molecule has 188 valence electrons. The van der Waals surface area contributed by atoms with E-state index in [0.29, 0.717) is 17.3 Å². The zero-order chi connectivity index (χ0) is 24.7. The fraction of sp³-hybridized carbons (Fsp3) is 0.321. The number of carbonyl (C=O) groups excluding carboxylic acids is 1. The lowest BCUT2D eigenvalue weighted by molar-refractivity contribution is -0.122. The zero-order valence-electron chi connectivity index (χ0n) is 20.7. The van der Waals surface area contributed by atoms with E-state index in [4.69, 9.17) is 16.0 Å². The highest BCUT2D eigenvalue weighted by Gasteiger charge is 2.20. The van der Waals surface area contributed by atoms with E-state index in [-0.39, 0.29) is 24.4 Å². The Labute approximate surface area is 219 Å². The molecule has 2 heterocycles. The molecule has 0 unspecified atom stereocenters. The second-order valence-electron chi connectivity index (χ2n) is 8.60. The normalized spacial score (nSPS) is 16.7. The van der Waals surface area contributed by atoms with Crippen molar-refractivity contribution in [2.45, 2.75) is 45.7 Å². The van der Waals surface area contributed by atoms with E-state index >= 15 is 0 Å². The fourth-order valence-electron chi connectivity index (χ4n) is 4.00. The number of piperidine rings is 1. The van der Waals surface area contributed by atoms with Crippen LogP contribution in [-0.4, -0.2) is 30.4 Å². The number of fused-ring (bicyclic) bond motifs is 1. The van der Waals surface area contributed by atoms with Crippen molar-refractivity contribution < 1.29 is 9.21 Å². The average molecular weight is 517 g/mol. The number of carbonyl (C=O) groups is 1. The van der Waals surface area contributed by atoms with Crippen LogP contribution in [0.3, 0.4) is 0 Å². The highest BCUT2D eigenvalue weighted by Crippen LogP contribution is 2.31. The molecule has 1 aliphatic rings. The monoisotopic (exact) mass is 515 g/mol. The van der Waals surface area contributed by atoms with Crippen LogP contribution in [0, 0.1) is 0 Å². The van der Waals surface area contributed by atoms with E-state index in [1.54, 1.807) is 6.08 Å². The van der Waals surface area contributed by atoms with Crippen molar-refractivity contribution in [2.75, 3.05) is 13.6 Å². The quantitative estimate of drug-likeness (QED) is 0.362. The Bertz CT molecular complexity index is 1150. The number of hydrogen-bond donors (Lipinski definition) is 2. The molecule has 2 N–H and O–H groups in total. The van der Waals surface area contributed by atoms with E-state index in [9.17, 15) is 4.79 Å². The van der Waals surface area contributed by atoms with Crippen molar-refractivity contribution in [1.82, 2.24) is 15.5 Å². The highest BCUT2D eigenvalue weighted by molar-refractivity contribution is 6.31. The van der Waals surface area contributed by atoms with Gasteiger partial charge in [-0.05, 0) is 57.5 Å². The Kier molecular flexibility index (Phi) is 10.9. The van der Waals surface area contributed by atoms with Crippen LogP contribution in [0.4, 0.5) is 0 Å². The highest BCUT2D eigenvalue weighted by atomic mass is 35.5. The van der Waals surface area contributed by atoms with E-state index in [0.717, 1.165) is 59.4 Å². The van der Waals surface area contributed by atoms with Gasteiger partial charge in [-0.3, -0.25) is 4.79 Å². The lowest BCUT2D eigenvalue weighted by atomic mass is 10.0. The molecule has 3 rings (SSSR count). The van der Waals surface area contributed by atoms with Crippen molar-refractivity contribution in [3.8, 4) is 0 Å². The smallest absolute Gasteiger partial charge is 0.241 e. The van der Waals surface area contributed by atoms with Gasteiger partial charge in [0.1, 0.15) is 11.3 Å². The van der Waals surface area contributed by atoms with E-state index in [1.165, 1.54) is 0 Å². The Balaban J connectivity index is 0.00000432. The molecule has 0 aliphatic carbocycles. The summed E-state index contributed by atoms with van der Waals surface area (Å²) < 4.78 is 6.23. The summed E-state index contributed by atoms with van der Waals surface area (Å²) in [6.07, 6.45) is 12.6. The Morgan fingerprint density at radius 1 is 1.34 bits per heavy atom. The first-order valence-corrected chi connectivity index (χ1v) is 12.0. The van der Waals surface area contributed by atoms with Crippen molar-refractivity contribution in [3.05, 3.63) is 89.5 Å². The molecule has 2 aromatic rings. The standard InChI is InChI=1S/C28H34ClN3O2.ClH/c1-6-8-11-21(7-2)26-17-22-15-24(29)16-23(27(22)34-26)18-32(5)20(4)14-19(3)31-28(33)25-12-9-10-13-30-25;/h6-8,11,14-17,25,30H,2-3,9-10,12-13,18H2,1,4-5H3,(H,31,33);1H/b8-6-,20-14+,21-11-;/t25-;/m0./s1. The molecule has 0 saturated carbocycles. The maximum Gasteiger partial charge on any atom is 0.241 e. The average Bonchev–Trinajstić information content (AvgIpc) is 3.23. The van der Waals surface area contributed by atoms with Gasteiger partial charge in [-0.25, -0.2) is 0 Å². The minimum Gasteiger partial charge on any atom is -0.456 e. The van der Waals surface area contributed by atoms with Gasteiger partial charge in [-0.2, -0.15) is 0 Å². The minimum absolute atomic E-state index is 0. The summed E-state index contributed by atoms with van der Waals surface area (Å²) in [6, 6.07) is 5.67. The first-order chi connectivity index (χ1) is 16.3.